The molecule has 1 aromatic heterocycles. The summed E-state index contributed by atoms with van der Waals surface area (Å²) < 4.78 is 27.2. The van der Waals surface area contributed by atoms with Crippen LogP contribution in [0.3, 0.4) is 0 Å². The fraction of sp³-hybridized carbons (Fsp3) is 0.500. The van der Waals surface area contributed by atoms with Crippen LogP contribution in [0.5, 0.6) is 0 Å². The third kappa shape index (κ3) is 5.33. The van der Waals surface area contributed by atoms with Gasteiger partial charge in [0.25, 0.3) is 5.56 Å². The number of aromatic amines is 1. The summed E-state index contributed by atoms with van der Waals surface area (Å²) in [5.74, 6) is -3.60. The van der Waals surface area contributed by atoms with Gasteiger partial charge >= 0.3 is 17.8 Å². The summed E-state index contributed by atoms with van der Waals surface area (Å²) in [7, 11) is 1.13. The van der Waals surface area contributed by atoms with Gasteiger partial charge in [-0.15, -0.1) is 0 Å². The molecular formula is C18H22N4O13. The lowest BCUT2D eigenvalue weighted by molar-refractivity contribution is -0.242. The van der Waals surface area contributed by atoms with E-state index in [0.29, 0.717) is 6.08 Å². The van der Waals surface area contributed by atoms with Crippen molar-refractivity contribution in [3.63, 3.8) is 0 Å². The van der Waals surface area contributed by atoms with E-state index >= 15 is 0 Å². The molecule has 0 saturated carbocycles. The van der Waals surface area contributed by atoms with Crippen molar-refractivity contribution in [3.8, 4) is 0 Å². The molecule has 8 atom stereocenters. The number of ether oxygens (including phenoxy) is 5. The van der Waals surface area contributed by atoms with Crippen molar-refractivity contribution in [1.29, 1.82) is 0 Å². The predicted molar refractivity (Wildman–Crippen MR) is 107 cm³/mol. The number of methoxy groups -OCH3 is 1. The Labute approximate surface area is 194 Å². The van der Waals surface area contributed by atoms with Crippen molar-refractivity contribution in [2.75, 3.05) is 7.11 Å². The zero-order valence-corrected chi connectivity index (χ0v) is 17.9. The second-order valence-electron chi connectivity index (χ2n) is 7.37. The van der Waals surface area contributed by atoms with E-state index in [1.165, 1.54) is 0 Å². The molecule has 0 aliphatic carbocycles. The minimum absolute atomic E-state index is 0.714. The molecular weight excluding hydrogens is 480 g/mol. The third-order valence-electron chi connectivity index (χ3n) is 5.14. The molecule has 192 valence electrons. The van der Waals surface area contributed by atoms with Crippen LogP contribution in [-0.4, -0.2) is 92.9 Å². The van der Waals surface area contributed by atoms with Gasteiger partial charge in [0.2, 0.25) is 18.0 Å². The summed E-state index contributed by atoms with van der Waals surface area (Å²) >= 11 is 0. The number of aromatic nitrogens is 2. The second-order valence-corrected chi connectivity index (χ2v) is 7.37. The van der Waals surface area contributed by atoms with Crippen molar-refractivity contribution in [3.05, 3.63) is 44.9 Å². The number of aliphatic carboxylic acids is 1. The van der Waals surface area contributed by atoms with Crippen molar-refractivity contribution >= 4 is 18.0 Å². The lowest BCUT2D eigenvalue weighted by Crippen LogP contribution is -2.54. The maximum Gasteiger partial charge on any atom is 0.405 e. The quantitative estimate of drug-likeness (QED) is 0.197. The maximum absolute atomic E-state index is 12.3. The number of carboxylic acid groups (broad SMARTS) is 1. The van der Waals surface area contributed by atoms with Crippen LogP contribution in [-0.2, 0) is 33.3 Å². The van der Waals surface area contributed by atoms with Gasteiger partial charge in [0.05, 0.1) is 0 Å². The number of amides is 2. The number of rotatable bonds is 8. The Morgan fingerprint density at radius 2 is 1.89 bits per heavy atom. The Bertz CT molecular complexity index is 1130. The zero-order valence-electron chi connectivity index (χ0n) is 17.9. The van der Waals surface area contributed by atoms with Gasteiger partial charge in [0.1, 0.15) is 24.4 Å². The van der Waals surface area contributed by atoms with Crippen molar-refractivity contribution in [2.45, 2.75) is 49.1 Å². The Hall–Kier alpha value is -3.77. The largest absolute Gasteiger partial charge is 0.475 e. The van der Waals surface area contributed by atoms with Gasteiger partial charge in [-0.1, -0.05) is 0 Å². The molecule has 2 amide bonds. The molecule has 0 radical (unpaired) electrons. The first-order chi connectivity index (χ1) is 16.4. The van der Waals surface area contributed by atoms with E-state index in [2.05, 4.69) is 0 Å². The van der Waals surface area contributed by atoms with Crippen LogP contribution < -0.4 is 22.7 Å². The molecule has 1 saturated heterocycles. The van der Waals surface area contributed by atoms with Gasteiger partial charge in [-0.25, -0.2) is 14.4 Å². The van der Waals surface area contributed by atoms with E-state index in [9.17, 15) is 34.2 Å². The molecule has 0 unspecified atom stereocenters. The summed E-state index contributed by atoms with van der Waals surface area (Å²) in [6, 6.07) is 0.969. The number of nitrogens with one attached hydrogen (secondary N) is 1. The zero-order chi connectivity index (χ0) is 26.0. The Morgan fingerprint density at radius 1 is 1.20 bits per heavy atom. The molecule has 1 aromatic rings. The highest BCUT2D eigenvalue weighted by Gasteiger charge is 2.54. The number of primary amides is 2. The summed E-state index contributed by atoms with van der Waals surface area (Å²) in [4.78, 5) is 60.8. The molecule has 2 aliphatic heterocycles. The highest BCUT2D eigenvalue weighted by molar-refractivity contribution is 5.84. The number of carboxylic acids is 1. The molecule has 17 heteroatoms. The fourth-order valence-electron chi connectivity index (χ4n) is 3.62. The van der Waals surface area contributed by atoms with Crippen LogP contribution in [0.2, 0.25) is 0 Å². The van der Waals surface area contributed by atoms with E-state index in [1.54, 1.807) is 0 Å². The molecule has 3 heterocycles. The van der Waals surface area contributed by atoms with E-state index in [0.717, 1.165) is 23.9 Å². The minimum Gasteiger partial charge on any atom is -0.475 e. The number of aliphatic hydroxyl groups is 2. The number of aliphatic hydroxyl groups excluding tert-OH is 2. The summed E-state index contributed by atoms with van der Waals surface area (Å²) in [6.45, 7) is 0. The van der Waals surface area contributed by atoms with E-state index in [1.807, 2.05) is 4.98 Å². The molecule has 0 spiro atoms. The SMILES string of the molecule is CO[C@@H]1[C@@H](OC(N)=O)[C@H](n2ccc(=O)[nH]c2=O)O[C@H]1[C@@H](O[C@H]1OC(C(=O)O)=C[C@@H](O)[C@H]1O)C(N)=O. The highest BCUT2D eigenvalue weighted by atomic mass is 16.7. The first-order valence-corrected chi connectivity index (χ1v) is 9.83. The molecule has 17 nitrogen and oxygen atoms in total. The van der Waals surface area contributed by atoms with Crippen molar-refractivity contribution in [1.82, 2.24) is 9.55 Å². The smallest absolute Gasteiger partial charge is 0.405 e. The van der Waals surface area contributed by atoms with Gasteiger partial charge in [0.15, 0.2) is 18.4 Å². The molecule has 0 bridgehead atoms. The van der Waals surface area contributed by atoms with E-state index in [4.69, 9.17) is 40.3 Å². The fourth-order valence-corrected chi connectivity index (χ4v) is 3.62. The van der Waals surface area contributed by atoms with Crippen LogP contribution in [0.15, 0.2) is 33.7 Å². The van der Waals surface area contributed by atoms with Crippen LogP contribution in [0.1, 0.15) is 6.23 Å². The minimum atomic E-state index is -1.91. The number of hydrogen-bond donors (Lipinski definition) is 6. The molecule has 0 aromatic carbocycles. The maximum atomic E-state index is 12.3. The topological polar surface area (TPSA) is 265 Å². The standard InChI is InChI=1S/C18H22N4O13/c1-31-9-10(11(13(19)26)34-16-8(25)5(23)4-6(32-16)15(27)28)33-14(12(9)35-17(20)29)22-3-2-7(24)21-18(22)30/h2-5,8-12,14,16,23,25H,1H3,(H2,19,26)(H2,20,29)(H,27,28)(H,21,24,30)/t5-,8-,9+,10-,11-,12-,14-,16-/m1/s1. The van der Waals surface area contributed by atoms with E-state index in [-0.39, 0.29) is 0 Å². The number of H-pyrrole nitrogens is 1. The average Bonchev–Trinajstić information content (AvgIpc) is 3.10. The summed E-state index contributed by atoms with van der Waals surface area (Å²) in [6.07, 6.45) is -12.9. The highest BCUT2D eigenvalue weighted by Crippen LogP contribution is 2.36. The van der Waals surface area contributed by atoms with Gasteiger partial charge < -0.3 is 50.5 Å². The normalized spacial score (nSPS) is 31.2. The lowest BCUT2D eigenvalue weighted by atomic mass is 10.0. The van der Waals surface area contributed by atoms with Crippen molar-refractivity contribution < 1.29 is 53.4 Å². The number of hydrogen-bond acceptors (Lipinski definition) is 12. The van der Waals surface area contributed by atoms with Gasteiger partial charge in [-0.05, 0) is 6.08 Å². The number of nitrogens with two attached hydrogens (primary N) is 2. The first kappa shape index (κ1) is 25.8. The monoisotopic (exact) mass is 502 g/mol. The number of nitrogens with zero attached hydrogens (tertiary/aromatic N) is 1. The van der Waals surface area contributed by atoms with Gasteiger partial charge in [-0.3, -0.25) is 19.1 Å². The van der Waals surface area contributed by atoms with Gasteiger partial charge in [0, 0.05) is 19.4 Å². The molecule has 1 fully saturated rings. The van der Waals surface area contributed by atoms with Crippen LogP contribution in [0.4, 0.5) is 4.79 Å². The van der Waals surface area contributed by atoms with E-state index < -0.39 is 84.1 Å². The molecule has 3 rings (SSSR count). The lowest BCUT2D eigenvalue weighted by Gasteiger charge is -2.34. The van der Waals surface area contributed by atoms with Crippen LogP contribution in [0, 0.1) is 0 Å². The Kier molecular flexibility index (Phi) is 7.56. The second kappa shape index (κ2) is 10.2. The van der Waals surface area contributed by atoms with Crippen molar-refractivity contribution in [2.24, 2.45) is 11.5 Å². The third-order valence-corrected chi connectivity index (χ3v) is 5.14. The number of carbonyl (C=O) groups is 3. The van der Waals surface area contributed by atoms with Crippen LogP contribution >= 0.6 is 0 Å². The predicted octanol–water partition coefficient (Wildman–Crippen LogP) is -4.17. The summed E-state index contributed by atoms with van der Waals surface area (Å²) in [5, 5.41) is 29.2. The Morgan fingerprint density at radius 3 is 2.43 bits per heavy atom. The van der Waals surface area contributed by atoms with Crippen LogP contribution in [0.25, 0.3) is 0 Å². The van der Waals surface area contributed by atoms with Gasteiger partial charge in [-0.2, -0.15) is 0 Å². The average molecular weight is 502 g/mol. The molecule has 8 N–H and O–H groups in total. The Balaban J connectivity index is 1.97. The first-order valence-electron chi connectivity index (χ1n) is 9.83. The molecule has 2 aliphatic rings. The number of carbonyl (C=O) groups excluding carboxylic acids is 2. The summed E-state index contributed by atoms with van der Waals surface area (Å²) in [5.41, 5.74) is 8.83. The molecule has 35 heavy (non-hydrogen) atoms.